The van der Waals surface area contributed by atoms with Crippen molar-refractivity contribution < 1.29 is 57.3 Å². The van der Waals surface area contributed by atoms with Crippen molar-refractivity contribution in [2.45, 2.75) is 187 Å². The van der Waals surface area contributed by atoms with E-state index in [4.69, 9.17) is 18.9 Å². The molecule has 5 N–H and O–H groups in total. The van der Waals surface area contributed by atoms with Gasteiger partial charge >= 0.3 is 24.0 Å². The van der Waals surface area contributed by atoms with Gasteiger partial charge in [0, 0.05) is 18.8 Å². The van der Waals surface area contributed by atoms with Crippen LogP contribution in [0.2, 0.25) is 0 Å². The van der Waals surface area contributed by atoms with Gasteiger partial charge in [0.2, 0.25) is 23.6 Å². The molecule has 2 aliphatic carbocycles. The van der Waals surface area contributed by atoms with Gasteiger partial charge in [0.1, 0.15) is 54.6 Å². The van der Waals surface area contributed by atoms with E-state index in [-0.39, 0.29) is 63.1 Å². The van der Waals surface area contributed by atoms with Gasteiger partial charge in [0.15, 0.2) is 0 Å². The van der Waals surface area contributed by atoms with Crippen molar-refractivity contribution >= 4 is 47.6 Å². The summed E-state index contributed by atoms with van der Waals surface area (Å²) in [5.41, 5.74) is 4.36. The van der Waals surface area contributed by atoms with Crippen molar-refractivity contribution in [1.82, 2.24) is 26.6 Å². The lowest BCUT2D eigenvalue weighted by atomic mass is 9.84. The van der Waals surface area contributed by atoms with E-state index < -0.39 is 95.5 Å². The molecule has 5 atom stereocenters. The molecule has 2 aliphatic rings. The predicted molar refractivity (Wildman–Crippen MR) is 307 cm³/mol. The third-order valence-electron chi connectivity index (χ3n) is 14.2. The van der Waals surface area contributed by atoms with Crippen molar-refractivity contribution in [2.24, 2.45) is 11.8 Å². The maximum Gasteiger partial charge on any atom is 0.407 e. The minimum atomic E-state index is -1.65. The number of fused-ring (bicyclic) bond motifs is 3. The summed E-state index contributed by atoms with van der Waals surface area (Å²) in [5, 5.41) is 13.9. The zero-order valence-corrected chi connectivity index (χ0v) is 48.5. The summed E-state index contributed by atoms with van der Waals surface area (Å²) in [7, 11) is 0. The molecule has 0 heterocycles. The first-order chi connectivity index (χ1) is 38.4. The number of ether oxygens (including phenoxy) is 4. The van der Waals surface area contributed by atoms with E-state index in [0.717, 1.165) is 65.5 Å². The number of hydrogen-bond acceptors (Lipinski definition) is 12. The van der Waals surface area contributed by atoms with Gasteiger partial charge in [-0.2, -0.15) is 0 Å². The van der Waals surface area contributed by atoms with Crippen molar-refractivity contribution in [1.29, 1.82) is 0 Å². The molecule has 6 rings (SSSR count). The molecule has 1 saturated carbocycles. The number of aryl methyl sites for hydroxylation is 1. The molecule has 5 amide bonds. The molecule has 4 aromatic carbocycles. The molecule has 4 aromatic rings. The Balaban J connectivity index is 1.26. The highest BCUT2D eigenvalue weighted by Gasteiger charge is 2.37. The summed E-state index contributed by atoms with van der Waals surface area (Å²) in [5.74, 6) is -5.55. The minimum absolute atomic E-state index is 0.00532. The number of alkyl carbamates (subject to hydrolysis) is 1. The van der Waals surface area contributed by atoms with Gasteiger partial charge in [-0.3, -0.25) is 28.8 Å². The molecule has 0 aliphatic heterocycles. The highest BCUT2D eigenvalue weighted by Crippen LogP contribution is 2.44. The topological polar surface area (TPSA) is 234 Å². The predicted octanol–water partition coefficient (Wildman–Crippen LogP) is 9.00. The SMILES string of the molecule is Cc1ccccc1C[C@H](NC(=O)[C@H](CCC(=O)OC(C)(C)C)NC(=O)[C@H](CC(=O)OC(C)(C)C)NC(=O)OCC1c2ccccc2-c2ccccc21)C(=O)N[C@@H](CC1CCCCC1)C(=O)N[C@@H](CC(C)C)C(=O)OCc1ccccc1. The van der Waals surface area contributed by atoms with Crippen molar-refractivity contribution in [3.05, 3.63) is 131 Å². The zero-order chi connectivity index (χ0) is 58.9. The van der Waals surface area contributed by atoms with Crippen LogP contribution in [0.5, 0.6) is 0 Å². The molecule has 81 heavy (non-hydrogen) atoms. The monoisotopic (exact) mass is 1110 g/mol. The Labute approximate surface area is 477 Å². The third kappa shape index (κ3) is 19.9. The second-order valence-corrected chi connectivity index (χ2v) is 23.8. The second kappa shape index (κ2) is 29.2. The molecule has 0 spiro atoms. The first-order valence-electron chi connectivity index (χ1n) is 28.4. The van der Waals surface area contributed by atoms with Crippen LogP contribution in [0.25, 0.3) is 11.1 Å². The number of carbonyl (C=O) groups is 8. The van der Waals surface area contributed by atoms with Gasteiger partial charge in [0.05, 0.1) is 6.42 Å². The van der Waals surface area contributed by atoms with Gasteiger partial charge < -0.3 is 45.5 Å². The first-order valence-corrected chi connectivity index (χ1v) is 28.4. The number of benzene rings is 4. The summed E-state index contributed by atoms with van der Waals surface area (Å²) in [4.78, 5) is 113. The number of hydrogen-bond donors (Lipinski definition) is 5. The molecule has 0 bridgehead atoms. The average molecular weight is 1110 g/mol. The van der Waals surface area contributed by atoms with E-state index >= 15 is 0 Å². The van der Waals surface area contributed by atoms with Crippen molar-refractivity contribution in [3.63, 3.8) is 0 Å². The molecular weight excluding hydrogens is 1030 g/mol. The van der Waals surface area contributed by atoms with Gasteiger partial charge in [-0.1, -0.05) is 149 Å². The molecule has 0 saturated heterocycles. The maximum atomic E-state index is 15.0. The normalized spacial score (nSPS) is 15.3. The van der Waals surface area contributed by atoms with Gasteiger partial charge in [0.25, 0.3) is 0 Å². The molecule has 0 aromatic heterocycles. The third-order valence-corrected chi connectivity index (χ3v) is 14.2. The largest absolute Gasteiger partial charge is 0.460 e. The average Bonchev–Trinajstić information content (AvgIpc) is 3.53. The Morgan fingerprint density at radius 2 is 1.07 bits per heavy atom. The fraction of sp³-hybridized carbons (Fsp3) is 0.500. The number of nitrogens with one attached hydrogen (secondary N) is 5. The number of amides is 5. The van der Waals surface area contributed by atoms with E-state index in [2.05, 4.69) is 26.6 Å². The molecule has 0 radical (unpaired) electrons. The summed E-state index contributed by atoms with van der Waals surface area (Å²) in [6, 6.07) is 25.4. The van der Waals surface area contributed by atoms with Gasteiger partial charge in [-0.05, 0) is 119 Å². The Morgan fingerprint density at radius 3 is 1.69 bits per heavy atom. The van der Waals surface area contributed by atoms with Gasteiger partial charge in [-0.15, -0.1) is 0 Å². The first kappa shape index (κ1) is 62.6. The smallest absolute Gasteiger partial charge is 0.407 e. The fourth-order valence-electron chi connectivity index (χ4n) is 10.3. The van der Waals surface area contributed by atoms with Crippen molar-refractivity contribution in [2.75, 3.05) is 6.61 Å². The summed E-state index contributed by atoms with van der Waals surface area (Å²) in [6.07, 6.45) is 2.72. The molecule has 1 fully saturated rings. The van der Waals surface area contributed by atoms with E-state index in [1.54, 1.807) is 47.6 Å². The Kier molecular flexibility index (Phi) is 22.6. The summed E-state index contributed by atoms with van der Waals surface area (Å²) < 4.78 is 22.6. The minimum Gasteiger partial charge on any atom is -0.460 e. The van der Waals surface area contributed by atoms with Crippen LogP contribution in [0.3, 0.4) is 0 Å². The lowest BCUT2D eigenvalue weighted by molar-refractivity contribution is -0.156. The van der Waals surface area contributed by atoms with E-state index in [1.807, 2.05) is 118 Å². The molecule has 17 heteroatoms. The van der Waals surface area contributed by atoms with Crippen LogP contribution < -0.4 is 26.6 Å². The maximum absolute atomic E-state index is 15.0. The lowest BCUT2D eigenvalue weighted by Gasteiger charge is -2.30. The molecule has 436 valence electrons. The number of rotatable bonds is 25. The van der Waals surface area contributed by atoms with Crippen LogP contribution in [0.15, 0.2) is 103 Å². The Bertz CT molecular complexity index is 2770. The second-order valence-electron chi connectivity index (χ2n) is 23.8. The Hall–Kier alpha value is -7.56. The fourth-order valence-corrected chi connectivity index (χ4v) is 10.3. The van der Waals surface area contributed by atoms with Crippen LogP contribution in [0.4, 0.5) is 4.79 Å². The summed E-state index contributed by atoms with van der Waals surface area (Å²) >= 11 is 0. The Morgan fingerprint density at radius 1 is 0.556 bits per heavy atom. The number of carbonyl (C=O) groups excluding carboxylic acids is 8. The highest BCUT2D eigenvalue weighted by molar-refractivity contribution is 5.97. The van der Waals surface area contributed by atoms with Crippen LogP contribution in [-0.4, -0.2) is 95.6 Å². The van der Waals surface area contributed by atoms with Crippen molar-refractivity contribution in [3.8, 4) is 11.1 Å². The molecule has 0 unspecified atom stereocenters. The lowest BCUT2D eigenvalue weighted by Crippen LogP contribution is -2.59. The van der Waals surface area contributed by atoms with E-state index in [0.29, 0.717) is 5.56 Å². The number of esters is 3. The van der Waals surface area contributed by atoms with E-state index in [9.17, 15) is 38.4 Å². The quantitative estimate of drug-likeness (QED) is 0.0309. The van der Waals surface area contributed by atoms with Gasteiger partial charge in [-0.25, -0.2) is 9.59 Å². The molecular formula is C64H83N5O12. The van der Waals surface area contributed by atoms with Crippen LogP contribution >= 0.6 is 0 Å². The standard InChI is InChI=1S/C64H83N5O12/c1-40(2)34-54(61(76)78-38-43-25-14-11-15-26-43)68-58(73)51(35-42-23-12-10-13-24-42)66-59(74)52(36-44-27-17-16-22-41(44)3)67-57(72)50(32-33-55(70)80-63(4,5)6)65-60(75)53(37-56(71)81-64(7,8)9)69-62(77)79-39-49-47-30-20-18-28-45(47)46-29-19-21-31-48(46)49/h11,14-22,25-31,40,42,49-54H,10,12-13,23-24,32-39H2,1-9H3,(H,65,75)(H,66,74)(H,67,72)(H,68,73)(H,69,77)/t50-,51-,52-,53-,54-/m0/s1. The zero-order valence-electron chi connectivity index (χ0n) is 48.5. The highest BCUT2D eigenvalue weighted by atomic mass is 16.6. The molecule has 17 nitrogen and oxygen atoms in total. The van der Waals surface area contributed by atoms with E-state index in [1.165, 1.54) is 0 Å². The van der Waals surface area contributed by atoms with Crippen LogP contribution in [-0.2, 0) is 65.5 Å². The summed E-state index contributed by atoms with van der Waals surface area (Å²) in [6.45, 7) is 15.6. The van der Waals surface area contributed by atoms with Crippen LogP contribution in [0.1, 0.15) is 153 Å². The van der Waals surface area contributed by atoms with Crippen LogP contribution in [0, 0.1) is 18.8 Å².